The number of hydrogen-bond acceptors (Lipinski definition) is 8. The summed E-state index contributed by atoms with van der Waals surface area (Å²) in [5.74, 6) is -2.21. The molecule has 4 aromatic rings. The molecule has 9 nitrogen and oxygen atoms in total. The molecule has 1 aliphatic heterocycles. The molecule has 3 fully saturated rings. The summed E-state index contributed by atoms with van der Waals surface area (Å²) in [5.41, 5.74) is 1.91. The number of furan rings is 1. The zero-order chi connectivity index (χ0) is 30.4. The normalized spacial score (nSPS) is 23.5. The van der Waals surface area contributed by atoms with Gasteiger partial charge in [0.1, 0.15) is 5.75 Å². The second-order valence-electron chi connectivity index (χ2n) is 11.4. The molecule has 2 saturated carbocycles. The molecule has 2 bridgehead atoms. The molecule has 0 N–H and O–H groups in total. The number of rotatable bonds is 8. The van der Waals surface area contributed by atoms with Crippen molar-refractivity contribution in [2.24, 2.45) is 23.7 Å². The lowest BCUT2D eigenvalue weighted by Crippen LogP contribution is -2.33. The molecule has 0 spiro atoms. The van der Waals surface area contributed by atoms with Crippen LogP contribution in [0.5, 0.6) is 5.75 Å². The number of ketones is 1. The first-order valence-corrected chi connectivity index (χ1v) is 14.5. The monoisotopic (exact) mass is 589 g/mol. The van der Waals surface area contributed by atoms with Gasteiger partial charge in [0.25, 0.3) is 0 Å². The van der Waals surface area contributed by atoms with E-state index < -0.39 is 24.3 Å². The highest BCUT2D eigenvalue weighted by Gasteiger charge is 2.64. The number of carbonyl (C=O) groups is 5. The van der Waals surface area contributed by atoms with E-state index in [1.165, 1.54) is 59.2 Å². The number of amides is 2. The van der Waals surface area contributed by atoms with Gasteiger partial charge in [-0.3, -0.25) is 19.3 Å². The van der Waals surface area contributed by atoms with Gasteiger partial charge >= 0.3 is 11.9 Å². The third-order valence-electron chi connectivity index (χ3n) is 9.03. The Morgan fingerprint density at radius 2 is 1.55 bits per heavy atom. The third-order valence-corrected chi connectivity index (χ3v) is 9.03. The Hall–Kier alpha value is -5.31. The SMILES string of the molecule is O=C(COC(=O)c1cccc(N2C(=O)C3C4CC(c5ccccc5)C(C4)C3C2=O)c1)c1ccc(OC(=O)c2ccco2)cc1. The number of carbonyl (C=O) groups excluding carboxylic acids is 5. The second-order valence-corrected chi connectivity index (χ2v) is 11.4. The van der Waals surface area contributed by atoms with E-state index in [9.17, 15) is 24.0 Å². The molecule has 3 aromatic carbocycles. The van der Waals surface area contributed by atoms with E-state index in [1.54, 1.807) is 18.2 Å². The Labute approximate surface area is 252 Å². The number of esters is 2. The summed E-state index contributed by atoms with van der Waals surface area (Å²) in [6.07, 6.45) is 3.12. The van der Waals surface area contributed by atoms with Crippen LogP contribution in [0.25, 0.3) is 0 Å². The highest BCUT2D eigenvalue weighted by molar-refractivity contribution is 6.23. The Morgan fingerprint density at radius 1 is 0.773 bits per heavy atom. The maximum atomic E-state index is 13.7. The van der Waals surface area contributed by atoms with E-state index in [-0.39, 0.29) is 64.0 Å². The minimum absolute atomic E-state index is 0.0475. The summed E-state index contributed by atoms with van der Waals surface area (Å²) >= 11 is 0. The van der Waals surface area contributed by atoms with Crippen LogP contribution in [0.2, 0.25) is 0 Å². The zero-order valence-corrected chi connectivity index (χ0v) is 23.5. The van der Waals surface area contributed by atoms with Crippen molar-refractivity contribution in [2.45, 2.75) is 18.8 Å². The largest absolute Gasteiger partial charge is 0.457 e. The van der Waals surface area contributed by atoms with E-state index in [0.29, 0.717) is 5.69 Å². The van der Waals surface area contributed by atoms with Gasteiger partial charge in [-0.25, -0.2) is 9.59 Å². The summed E-state index contributed by atoms with van der Waals surface area (Å²) < 4.78 is 15.5. The molecular formula is C35H27NO8. The van der Waals surface area contributed by atoms with Crippen LogP contribution in [0.3, 0.4) is 0 Å². The molecule has 220 valence electrons. The smallest absolute Gasteiger partial charge is 0.379 e. The summed E-state index contributed by atoms with van der Waals surface area (Å²) in [7, 11) is 0. The molecule has 44 heavy (non-hydrogen) atoms. The van der Waals surface area contributed by atoms with Crippen molar-refractivity contribution in [3.8, 4) is 5.75 Å². The van der Waals surface area contributed by atoms with Gasteiger partial charge in [0.05, 0.1) is 29.3 Å². The maximum absolute atomic E-state index is 13.7. The third kappa shape index (κ3) is 4.80. The fourth-order valence-electron chi connectivity index (χ4n) is 7.13. The van der Waals surface area contributed by atoms with E-state index >= 15 is 0 Å². The summed E-state index contributed by atoms with van der Waals surface area (Å²) in [4.78, 5) is 66.0. The number of nitrogens with zero attached hydrogens (tertiary/aromatic N) is 1. The van der Waals surface area contributed by atoms with Crippen molar-refractivity contribution in [1.29, 1.82) is 0 Å². The Morgan fingerprint density at radius 3 is 2.30 bits per heavy atom. The highest BCUT2D eigenvalue weighted by Crippen LogP contribution is 2.61. The van der Waals surface area contributed by atoms with Gasteiger partial charge in [-0.05, 0) is 90.8 Å². The highest BCUT2D eigenvalue weighted by atomic mass is 16.5. The first-order valence-electron chi connectivity index (χ1n) is 14.5. The molecule has 2 aliphatic carbocycles. The molecule has 2 amide bonds. The lowest BCUT2D eigenvalue weighted by molar-refractivity contribution is -0.123. The van der Waals surface area contributed by atoms with Gasteiger partial charge < -0.3 is 13.9 Å². The average Bonchev–Trinajstić information content (AvgIpc) is 3.85. The van der Waals surface area contributed by atoms with Crippen LogP contribution >= 0.6 is 0 Å². The number of Topliss-reactive ketones (excluding diaryl/α,β-unsaturated/α-hetero) is 1. The van der Waals surface area contributed by atoms with Crippen LogP contribution in [0, 0.1) is 23.7 Å². The van der Waals surface area contributed by atoms with Crippen molar-refractivity contribution in [1.82, 2.24) is 0 Å². The minimum Gasteiger partial charge on any atom is -0.457 e. The predicted octanol–water partition coefficient (Wildman–Crippen LogP) is 5.47. The topological polar surface area (TPSA) is 120 Å². The van der Waals surface area contributed by atoms with Gasteiger partial charge in [0.2, 0.25) is 17.6 Å². The molecule has 5 unspecified atom stereocenters. The zero-order valence-electron chi connectivity index (χ0n) is 23.5. The van der Waals surface area contributed by atoms with Crippen molar-refractivity contribution >= 4 is 35.2 Å². The van der Waals surface area contributed by atoms with Crippen LogP contribution in [0.1, 0.15) is 55.6 Å². The Bertz CT molecular complexity index is 1760. The molecule has 1 saturated heterocycles. The molecule has 5 atom stereocenters. The van der Waals surface area contributed by atoms with Gasteiger partial charge in [-0.15, -0.1) is 0 Å². The van der Waals surface area contributed by atoms with Crippen LogP contribution in [-0.2, 0) is 14.3 Å². The summed E-state index contributed by atoms with van der Waals surface area (Å²) in [5, 5.41) is 0. The van der Waals surface area contributed by atoms with Crippen LogP contribution < -0.4 is 9.64 Å². The van der Waals surface area contributed by atoms with E-state index in [4.69, 9.17) is 13.9 Å². The number of hydrogen-bond donors (Lipinski definition) is 0. The van der Waals surface area contributed by atoms with E-state index in [1.807, 2.05) is 18.2 Å². The van der Waals surface area contributed by atoms with Crippen molar-refractivity contribution < 1.29 is 37.9 Å². The van der Waals surface area contributed by atoms with E-state index in [2.05, 4.69) is 12.1 Å². The minimum atomic E-state index is -0.757. The number of anilines is 1. The van der Waals surface area contributed by atoms with Gasteiger partial charge in [0.15, 0.2) is 12.4 Å². The van der Waals surface area contributed by atoms with Gasteiger partial charge in [-0.2, -0.15) is 0 Å². The van der Waals surface area contributed by atoms with Crippen LogP contribution in [0.15, 0.2) is 102 Å². The molecule has 0 radical (unpaired) electrons. The second kappa shape index (κ2) is 11.1. The number of fused-ring (bicyclic) bond motifs is 5. The van der Waals surface area contributed by atoms with Crippen molar-refractivity contribution in [3.63, 3.8) is 0 Å². The van der Waals surface area contributed by atoms with Crippen molar-refractivity contribution in [3.05, 3.63) is 120 Å². The Balaban J connectivity index is 0.991. The lowest BCUT2D eigenvalue weighted by Gasteiger charge is -2.28. The molecule has 3 aliphatic rings. The predicted molar refractivity (Wildman–Crippen MR) is 156 cm³/mol. The number of benzene rings is 3. The van der Waals surface area contributed by atoms with E-state index in [0.717, 1.165) is 12.8 Å². The first kappa shape index (κ1) is 27.5. The molecule has 2 heterocycles. The average molecular weight is 590 g/mol. The molecule has 9 heteroatoms. The van der Waals surface area contributed by atoms with Gasteiger partial charge in [0, 0.05) is 5.56 Å². The van der Waals surface area contributed by atoms with Crippen LogP contribution in [0.4, 0.5) is 5.69 Å². The van der Waals surface area contributed by atoms with Crippen molar-refractivity contribution in [2.75, 3.05) is 11.5 Å². The summed E-state index contributed by atoms with van der Waals surface area (Å²) in [6, 6.07) is 25.2. The maximum Gasteiger partial charge on any atom is 0.379 e. The lowest BCUT2D eigenvalue weighted by atomic mass is 9.73. The van der Waals surface area contributed by atoms with Crippen LogP contribution in [-0.4, -0.2) is 36.1 Å². The number of imide groups is 1. The molecule has 7 rings (SSSR count). The fraction of sp³-hybridized carbons (Fsp3) is 0.229. The van der Waals surface area contributed by atoms with Gasteiger partial charge in [-0.1, -0.05) is 36.4 Å². The molecular weight excluding hydrogens is 562 g/mol. The fourth-order valence-corrected chi connectivity index (χ4v) is 7.13. The molecule has 1 aromatic heterocycles. The Kier molecular flexibility index (Phi) is 6.93. The first-order chi connectivity index (χ1) is 21.4. The standard InChI is InChI=1S/C35H27NO8/c37-28(21-11-13-25(14-12-21)44-35(41)29-10-5-15-42-29)19-43-34(40)22-8-4-9-24(16-22)36-32(38)30-23-17-26(20-6-2-1-3-7-20)27(18-23)31(30)33(36)39/h1-16,23,26-27,30-31H,17-19H2. The number of ether oxygens (including phenoxy) is 2. The summed E-state index contributed by atoms with van der Waals surface area (Å²) in [6.45, 7) is -0.523. The quantitative estimate of drug-likeness (QED) is 0.115.